The highest BCUT2D eigenvalue weighted by atomic mass is 32.2. The molecule has 1 N–H and O–H groups in total. The van der Waals surface area contributed by atoms with Crippen LogP contribution in [0.25, 0.3) is 0 Å². The van der Waals surface area contributed by atoms with Crippen molar-refractivity contribution >= 4 is 21.6 Å². The number of nitrogens with zero attached hydrogens (tertiary/aromatic N) is 1. The summed E-state index contributed by atoms with van der Waals surface area (Å²) in [4.78, 5) is 12.8. The van der Waals surface area contributed by atoms with Crippen LogP contribution in [-0.4, -0.2) is 32.7 Å². The number of nitrogens with one attached hydrogen (secondary N) is 1. The average molecular weight is 367 g/mol. The Morgan fingerprint density at radius 2 is 1.84 bits per heavy atom. The lowest BCUT2D eigenvalue weighted by atomic mass is 9.95. The lowest BCUT2D eigenvalue weighted by Gasteiger charge is -2.32. The van der Waals surface area contributed by atoms with Crippen LogP contribution >= 0.6 is 0 Å². The molecule has 1 aromatic carbocycles. The molecule has 0 unspecified atom stereocenters. The summed E-state index contributed by atoms with van der Waals surface area (Å²) < 4.78 is 26.2. The van der Waals surface area contributed by atoms with Crippen LogP contribution in [0.1, 0.15) is 56.6 Å². The summed E-state index contributed by atoms with van der Waals surface area (Å²) >= 11 is 0. The lowest BCUT2D eigenvalue weighted by Crippen LogP contribution is -2.51. The largest absolute Gasteiger partial charge is 0.352 e. The summed E-state index contributed by atoms with van der Waals surface area (Å²) in [6.45, 7) is 5.78. The Morgan fingerprint density at radius 3 is 2.36 bits per heavy atom. The smallest absolute Gasteiger partial charge is 0.244 e. The molecule has 0 aliphatic heterocycles. The highest BCUT2D eigenvalue weighted by Crippen LogP contribution is 2.25. The van der Waals surface area contributed by atoms with Crippen molar-refractivity contribution < 1.29 is 13.2 Å². The molecule has 0 bridgehead atoms. The van der Waals surface area contributed by atoms with E-state index in [4.69, 9.17) is 0 Å². The van der Waals surface area contributed by atoms with Gasteiger partial charge in [0.25, 0.3) is 0 Å². The zero-order valence-electron chi connectivity index (χ0n) is 15.7. The predicted octanol–water partition coefficient (Wildman–Crippen LogP) is 3.30. The number of carbonyl (C=O) groups is 1. The van der Waals surface area contributed by atoms with Crippen LogP contribution in [0.4, 0.5) is 5.69 Å². The van der Waals surface area contributed by atoms with Crippen LogP contribution in [0.2, 0.25) is 0 Å². The molecule has 25 heavy (non-hydrogen) atoms. The van der Waals surface area contributed by atoms with Gasteiger partial charge < -0.3 is 5.32 Å². The van der Waals surface area contributed by atoms with E-state index in [1.54, 1.807) is 6.07 Å². The van der Waals surface area contributed by atoms with E-state index in [9.17, 15) is 13.2 Å². The van der Waals surface area contributed by atoms with Gasteiger partial charge in [0.1, 0.15) is 6.04 Å². The van der Waals surface area contributed by atoms with Crippen LogP contribution in [0.5, 0.6) is 0 Å². The Hall–Kier alpha value is -1.56. The molecule has 1 aromatic rings. The lowest BCUT2D eigenvalue weighted by molar-refractivity contribution is -0.123. The first-order chi connectivity index (χ1) is 11.7. The predicted molar refractivity (Wildman–Crippen MR) is 102 cm³/mol. The Kier molecular flexibility index (Phi) is 6.49. The van der Waals surface area contributed by atoms with Gasteiger partial charge in [0, 0.05) is 6.04 Å². The van der Waals surface area contributed by atoms with Crippen molar-refractivity contribution in [3.05, 3.63) is 29.3 Å². The molecular formula is C19H30N2O3S. The Labute approximate surface area is 151 Å². The van der Waals surface area contributed by atoms with E-state index in [1.165, 1.54) is 17.0 Å². The molecule has 5 nitrogen and oxygen atoms in total. The second-order valence-corrected chi connectivity index (χ2v) is 8.95. The van der Waals surface area contributed by atoms with Crippen LogP contribution < -0.4 is 9.62 Å². The van der Waals surface area contributed by atoms with Gasteiger partial charge in [0.05, 0.1) is 11.9 Å². The van der Waals surface area contributed by atoms with E-state index in [2.05, 4.69) is 5.32 Å². The maximum atomic E-state index is 12.8. The van der Waals surface area contributed by atoms with Crippen LogP contribution in [0.15, 0.2) is 18.2 Å². The molecule has 0 saturated heterocycles. The number of aryl methyl sites for hydroxylation is 2. The summed E-state index contributed by atoms with van der Waals surface area (Å²) in [6, 6.07) is 4.96. The minimum atomic E-state index is -3.57. The van der Waals surface area contributed by atoms with Gasteiger partial charge in [-0.25, -0.2) is 8.42 Å². The van der Waals surface area contributed by atoms with Crippen molar-refractivity contribution in [2.45, 2.75) is 71.4 Å². The number of hydrogen-bond donors (Lipinski definition) is 1. The minimum Gasteiger partial charge on any atom is -0.352 e. The second-order valence-electron chi connectivity index (χ2n) is 7.09. The number of sulfonamides is 1. The standard InChI is InChI=1S/C19H30N2O3S/c1-5-18(19(22)20-16-9-7-6-8-10-16)21(25(4,23)24)17-12-11-14(2)15(3)13-17/h11-13,16,18H,5-10H2,1-4H3,(H,20,22)/t18-/m1/s1. The third-order valence-electron chi connectivity index (χ3n) is 5.03. The molecule has 1 amide bonds. The van der Waals surface area contributed by atoms with Gasteiger partial charge in [-0.3, -0.25) is 9.10 Å². The van der Waals surface area contributed by atoms with E-state index in [0.717, 1.165) is 36.8 Å². The zero-order valence-corrected chi connectivity index (χ0v) is 16.5. The molecule has 140 valence electrons. The number of rotatable bonds is 6. The molecule has 1 aliphatic rings. The van der Waals surface area contributed by atoms with Crippen molar-refractivity contribution in [2.75, 3.05) is 10.6 Å². The van der Waals surface area contributed by atoms with Gasteiger partial charge in [-0.15, -0.1) is 0 Å². The van der Waals surface area contributed by atoms with E-state index in [-0.39, 0.29) is 11.9 Å². The molecule has 1 aliphatic carbocycles. The first-order valence-electron chi connectivity index (χ1n) is 9.11. The summed E-state index contributed by atoms with van der Waals surface area (Å²) in [6.07, 6.45) is 7.00. The van der Waals surface area contributed by atoms with Gasteiger partial charge >= 0.3 is 0 Å². The monoisotopic (exact) mass is 366 g/mol. The van der Waals surface area contributed by atoms with Crippen molar-refractivity contribution in [3.8, 4) is 0 Å². The first-order valence-corrected chi connectivity index (χ1v) is 11.0. The third kappa shape index (κ3) is 4.97. The SMILES string of the molecule is CC[C@H](C(=O)NC1CCCCC1)N(c1ccc(C)c(C)c1)S(C)(=O)=O. The summed E-state index contributed by atoms with van der Waals surface area (Å²) in [5.41, 5.74) is 2.65. The highest BCUT2D eigenvalue weighted by Gasteiger charge is 2.32. The third-order valence-corrected chi connectivity index (χ3v) is 6.21. The second kappa shape index (κ2) is 8.21. The summed E-state index contributed by atoms with van der Waals surface area (Å²) in [5.74, 6) is -0.196. The van der Waals surface area contributed by atoms with E-state index in [1.807, 2.05) is 32.9 Å². The number of amides is 1. The van der Waals surface area contributed by atoms with Gasteiger partial charge in [-0.2, -0.15) is 0 Å². The van der Waals surface area contributed by atoms with Crippen molar-refractivity contribution in [1.82, 2.24) is 5.32 Å². The highest BCUT2D eigenvalue weighted by molar-refractivity contribution is 7.92. The van der Waals surface area contributed by atoms with Crippen molar-refractivity contribution in [2.24, 2.45) is 0 Å². The average Bonchev–Trinajstić information content (AvgIpc) is 2.55. The topological polar surface area (TPSA) is 66.5 Å². The number of carbonyl (C=O) groups excluding carboxylic acids is 1. The Balaban J connectivity index is 2.30. The number of hydrogen-bond acceptors (Lipinski definition) is 3. The molecule has 1 fully saturated rings. The summed E-state index contributed by atoms with van der Waals surface area (Å²) in [7, 11) is -3.57. The van der Waals surface area contributed by atoms with Gasteiger partial charge in [0.15, 0.2) is 0 Å². The van der Waals surface area contributed by atoms with E-state index in [0.29, 0.717) is 12.1 Å². The fourth-order valence-electron chi connectivity index (χ4n) is 3.47. The normalized spacial score (nSPS) is 17.1. The molecule has 6 heteroatoms. The maximum absolute atomic E-state index is 12.8. The Bertz CT molecular complexity index is 709. The maximum Gasteiger partial charge on any atom is 0.244 e. The van der Waals surface area contributed by atoms with Gasteiger partial charge in [0.2, 0.25) is 15.9 Å². The molecular weight excluding hydrogens is 336 g/mol. The van der Waals surface area contributed by atoms with E-state index >= 15 is 0 Å². The molecule has 2 rings (SSSR count). The van der Waals surface area contributed by atoms with Gasteiger partial charge in [-0.1, -0.05) is 32.3 Å². The fraction of sp³-hybridized carbons (Fsp3) is 0.632. The molecule has 1 saturated carbocycles. The fourth-order valence-corrected chi connectivity index (χ4v) is 4.67. The summed E-state index contributed by atoms with van der Waals surface area (Å²) in [5, 5.41) is 3.07. The molecule has 0 heterocycles. The minimum absolute atomic E-state index is 0.163. The van der Waals surface area contributed by atoms with Crippen molar-refractivity contribution in [1.29, 1.82) is 0 Å². The zero-order chi connectivity index (χ0) is 18.6. The molecule has 0 radical (unpaired) electrons. The molecule has 0 spiro atoms. The van der Waals surface area contributed by atoms with E-state index < -0.39 is 16.1 Å². The van der Waals surface area contributed by atoms with Crippen molar-refractivity contribution in [3.63, 3.8) is 0 Å². The Morgan fingerprint density at radius 1 is 1.20 bits per heavy atom. The molecule has 0 aromatic heterocycles. The first kappa shape index (κ1) is 19.8. The van der Waals surface area contributed by atoms with Crippen LogP contribution in [0.3, 0.4) is 0 Å². The van der Waals surface area contributed by atoms with Crippen LogP contribution in [-0.2, 0) is 14.8 Å². The quantitative estimate of drug-likeness (QED) is 0.840. The number of benzene rings is 1. The van der Waals surface area contributed by atoms with Crippen LogP contribution in [0, 0.1) is 13.8 Å². The number of anilines is 1. The molecule has 1 atom stereocenters. The van der Waals surface area contributed by atoms with Gasteiger partial charge in [-0.05, 0) is 56.4 Å².